The van der Waals surface area contributed by atoms with E-state index in [1.807, 2.05) is 0 Å². The van der Waals surface area contributed by atoms with Crippen LogP contribution in [0.4, 0.5) is 0 Å². The monoisotopic (exact) mass is 1450 g/mol. The van der Waals surface area contributed by atoms with E-state index in [1.165, 1.54) is 44.9 Å². The summed E-state index contributed by atoms with van der Waals surface area (Å²) in [4.78, 5) is 72.8. The lowest BCUT2D eigenvalue weighted by molar-refractivity contribution is -0.161. The Labute approximate surface area is 607 Å². The van der Waals surface area contributed by atoms with Gasteiger partial charge in [-0.1, -0.05) is 265 Å². The molecular weight excluding hydrogens is 1310 g/mol. The number of aliphatic hydroxyl groups is 1. The maximum atomic E-state index is 13.1. The van der Waals surface area contributed by atoms with Gasteiger partial charge in [0.15, 0.2) is 12.2 Å². The highest BCUT2D eigenvalue weighted by Crippen LogP contribution is 2.45. The summed E-state index contributed by atoms with van der Waals surface area (Å²) in [6.45, 7) is 4.62. The average Bonchev–Trinajstić information content (AvgIpc) is 1.06. The van der Waals surface area contributed by atoms with Gasteiger partial charge in [0, 0.05) is 25.7 Å². The molecule has 0 aliphatic rings. The highest BCUT2D eigenvalue weighted by atomic mass is 31.2. The Balaban J connectivity index is 5.35. The van der Waals surface area contributed by atoms with Crippen molar-refractivity contribution in [3.05, 3.63) is 109 Å². The van der Waals surface area contributed by atoms with Crippen molar-refractivity contribution < 1.29 is 80.2 Å². The lowest BCUT2D eigenvalue weighted by Gasteiger charge is -2.21. The van der Waals surface area contributed by atoms with Crippen molar-refractivity contribution >= 4 is 39.5 Å². The zero-order valence-electron chi connectivity index (χ0n) is 62.8. The zero-order valence-corrected chi connectivity index (χ0v) is 64.6. The molecule has 0 fully saturated rings. The number of unbranched alkanes of at least 4 members (excludes halogenated alkanes) is 29. The predicted molar refractivity (Wildman–Crippen MR) is 408 cm³/mol. The van der Waals surface area contributed by atoms with Gasteiger partial charge in [0.05, 0.1) is 26.4 Å². The Kier molecular flexibility index (Phi) is 69.9. The van der Waals surface area contributed by atoms with Crippen molar-refractivity contribution in [2.45, 2.75) is 341 Å². The molecular formula is C81H140O17P2. The molecule has 0 spiro atoms. The maximum absolute atomic E-state index is 13.1. The number of rotatable bonds is 73. The van der Waals surface area contributed by atoms with Crippen LogP contribution < -0.4 is 0 Å². The van der Waals surface area contributed by atoms with E-state index in [0.717, 1.165) is 199 Å². The van der Waals surface area contributed by atoms with Gasteiger partial charge in [-0.25, -0.2) is 9.13 Å². The Morgan fingerprint density at radius 3 is 0.840 bits per heavy atom. The Bertz CT molecular complexity index is 2320. The largest absolute Gasteiger partial charge is 0.472 e. The van der Waals surface area contributed by atoms with Crippen molar-refractivity contribution in [3.8, 4) is 0 Å². The third-order valence-corrected chi connectivity index (χ3v) is 18.1. The van der Waals surface area contributed by atoms with Gasteiger partial charge in [-0.3, -0.25) is 37.3 Å². The molecule has 0 heterocycles. The number of phosphoric acid groups is 2. The third-order valence-electron chi connectivity index (χ3n) is 16.2. The number of carbonyl (C=O) groups is 4. The van der Waals surface area contributed by atoms with Crippen molar-refractivity contribution in [2.75, 3.05) is 39.6 Å². The quantitative estimate of drug-likeness (QED) is 0.0169. The van der Waals surface area contributed by atoms with E-state index < -0.39 is 97.5 Å². The van der Waals surface area contributed by atoms with E-state index in [1.54, 1.807) is 0 Å². The van der Waals surface area contributed by atoms with Gasteiger partial charge < -0.3 is 33.8 Å². The lowest BCUT2D eigenvalue weighted by atomic mass is 10.1. The van der Waals surface area contributed by atoms with Crippen LogP contribution >= 0.6 is 15.6 Å². The molecule has 19 heteroatoms. The summed E-state index contributed by atoms with van der Waals surface area (Å²) < 4.78 is 68.4. The average molecular weight is 1450 g/mol. The summed E-state index contributed by atoms with van der Waals surface area (Å²) in [5.74, 6) is -2.22. The van der Waals surface area contributed by atoms with Gasteiger partial charge in [-0.2, -0.15) is 0 Å². The van der Waals surface area contributed by atoms with Crippen LogP contribution in [0, 0.1) is 0 Å². The molecule has 5 atom stereocenters. The zero-order chi connectivity index (χ0) is 73.2. The number of hydrogen-bond acceptors (Lipinski definition) is 15. The van der Waals surface area contributed by atoms with Crippen LogP contribution in [0.3, 0.4) is 0 Å². The second-order valence-corrected chi connectivity index (χ2v) is 28.8. The number of allylic oxidation sites excluding steroid dienone is 18. The molecule has 100 heavy (non-hydrogen) atoms. The summed E-state index contributed by atoms with van der Waals surface area (Å²) in [5.41, 5.74) is 0. The van der Waals surface area contributed by atoms with E-state index in [-0.39, 0.29) is 25.7 Å². The van der Waals surface area contributed by atoms with Crippen molar-refractivity contribution in [1.82, 2.24) is 0 Å². The highest BCUT2D eigenvalue weighted by molar-refractivity contribution is 7.47. The van der Waals surface area contributed by atoms with Gasteiger partial charge >= 0.3 is 39.5 Å². The number of esters is 4. The number of ether oxygens (including phenoxy) is 4. The van der Waals surface area contributed by atoms with E-state index >= 15 is 0 Å². The van der Waals surface area contributed by atoms with Gasteiger partial charge in [-0.05, 0) is 141 Å². The molecule has 0 saturated carbocycles. The fourth-order valence-corrected chi connectivity index (χ4v) is 11.8. The van der Waals surface area contributed by atoms with Crippen molar-refractivity contribution in [2.24, 2.45) is 0 Å². The molecule has 5 unspecified atom stereocenters. The SMILES string of the molecule is CC/C=C\C/C=C\C/C=C\C/C=C\CCCCCCCCC(=O)OCC(COP(=O)(O)OCC(O)COP(=O)(O)OCC(COC(=O)CCCCCCC/C=C\CCCC)OC(=O)CCCCCCC/C=C\CCCC)OC(=O)CCCCCCCC/C=C\C/C=C\C/C=C\CCCCC. The van der Waals surface area contributed by atoms with Gasteiger partial charge in [0.1, 0.15) is 19.3 Å². The molecule has 0 aliphatic carbocycles. The van der Waals surface area contributed by atoms with Gasteiger partial charge in [-0.15, -0.1) is 0 Å². The topological polar surface area (TPSA) is 237 Å². The highest BCUT2D eigenvalue weighted by Gasteiger charge is 2.30. The Hall–Kier alpha value is -4.28. The van der Waals surface area contributed by atoms with Crippen LogP contribution in [0.1, 0.15) is 323 Å². The molecule has 0 aromatic heterocycles. The molecule has 576 valence electrons. The summed E-state index contributed by atoms with van der Waals surface area (Å²) in [5, 5.41) is 10.6. The first-order valence-corrected chi connectivity index (χ1v) is 42.1. The standard InChI is InChI=1S/C81H140O17P2/c1-5-9-13-17-21-25-29-31-33-35-37-39-41-43-47-50-54-58-62-66-79(84)92-72-77(98-81(86)68-64-60-56-52-48-44-42-40-38-36-34-32-30-26-22-18-14-10-6-2)74-96-100(89,90)94-70-75(82)69-93-99(87,88)95-73-76(97-80(85)67-63-59-55-51-46-28-24-20-16-12-8-4)71-91-78(83)65-61-57-53-49-45-27-23-19-15-11-7-3/h9,13,19-26,31-34,37-40,75-77,82H,5-8,10-12,14-18,27-30,35-36,41-74H2,1-4H3,(H,87,88)(H,89,90)/b13-9-,23-19-,24-20-,25-21-,26-22-,33-31-,34-32-,39-37-,40-38-. The summed E-state index contributed by atoms with van der Waals surface area (Å²) >= 11 is 0. The first kappa shape index (κ1) is 95.7. The normalized spacial score (nSPS) is 14.5. The first-order valence-electron chi connectivity index (χ1n) is 39.1. The minimum Gasteiger partial charge on any atom is -0.462 e. The van der Waals surface area contributed by atoms with Crippen LogP contribution in [0.5, 0.6) is 0 Å². The molecule has 0 aromatic rings. The van der Waals surface area contributed by atoms with Crippen LogP contribution in [0.15, 0.2) is 109 Å². The van der Waals surface area contributed by atoms with Gasteiger partial charge in [0.25, 0.3) is 0 Å². The summed E-state index contributed by atoms with van der Waals surface area (Å²) in [6, 6.07) is 0. The first-order chi connectivity index (χ1) is 48.7. The van der Waals surface area contributed by atoms with Crippen molar-refractivity contribution in [3.63, 3.8) is 0 Å². The molecule has 3 N–H and O–H groups in total. The maximum Gasteiger partial charge on any atom is 0.472 e. The summed E-state index contributed by atoms with van der Waals surface area (Å²) in [6.07, 6.45) is 77.9. The molecule has 0 amide bonds. The molecule has 0 saturated heterocycles. The van der Waals surface area contributed by atoms with E-state index in [9.17, 15) is 43.2 Å². The molecule has 0 bridgehead atoms. The van der Waals surface area contributed by atoms with Crippen LogP contribution in [-0.2, 0) is 65.4 Å². The smallest absolute Gasteiger partial charge is 0.462 e. The fourth-order valence-electron chi connectivity index (χ4n) is 10.2. The second-order valence-electron chi connectivity index (χ2n) is 25.9. The molecule has 17 nitrogen and oxygen atoms in total. The van der Waals surface area contributed by atoms with Crippen molar-refractivity contribution in [1.29, 1.82) is 0 Å². The fraction of sp³-hybridized carbons (Fsp3) is 0.728. The van der Waals surface area contributed by atoms with E-state index in [2.05, 4.69) is 137 Å². The van der Waals surface area contributed by atoms with Crippen LogP contribution in [0.25, 0.3) is 0 Å². The van der Waals surface area contributed by atoms with Crippen LogP contribution in [-0.4, -0.2) is 96.7 Å². The molecule has 0 radical (unpaired) electrons. The van der Waals surface area contributed by atoms with E-state index in [4.69, 9.17) is 37.0 Å². The van der Waals surface area contributed by atoms with E-state index in [0.29, 0.717) is 25.7 Å². The molecule has 0 rings (SSSR count). The van der Waals surface area contributed by atoms with Crippen LogP contribution in [0.2, 0.25) is 0 Å². The lowest BCUT2D eigenvalue weighted by Crippen LogP contribution is -2.30. The molecule has 0 aliphatic heterocycles. The van der Waals surface area contributed by atoms with Gasteiger partial charge in [0.2, 0.25) is 0 Å². The number of aliphatic hydroxyl groups excluding tert-OH is 1. The Morgan fingerprint density at radius 1 is 0.290 bits per heavy atom. The number of phosphoric ester groups is 2. The minimum atomic E-state index is -4.98. The number of hydrogen-bond donors (Lipinski definition) is 3. The molecule has 0 aromatic carbocycles. The second kappa shape index (κ2) is 73.0. The minimum absolute atomic E-state index is 0.0756. The Morgan fingerprint density at radius 2 is 0.530 bits per heavy atom. The third kappa shape index (κ3) is 72.1. The summed E-state index contributed by atoms with van der Waals surface area (Å²) in [7, 11) is -9.96. The predicted octanol–water partition coefficient (Wildman–Crippen LogP) is 22.6. The number of carbonyl (C=O) groups excluding carboxylic acids is 4.